The molecular formula is C22H22BrClN4O6S. The molecule has 35 heavy (non-hydrogen) atoms. The van der Waals surface area contributed by atoms with E-state index in [1.165, 1.54) is 6.33 Å². The molecule has 3 aromatic rings. The Kier molecular flexibility index (Phi) is 6.77. The zero-order valence-electron chi connectivity index (χ0n) is 18.7. The molecule has 2 aromatic carbocycles. The van der Waals surface area contributed by atoms with Gasteiger partial charge in [-0.3, -0.25) is 0 Å². The van der Waals surface area contributed by atoms with E-state index < -0.39 is 34.4 Å². The monoisotopic (exact) mass is 584 g/mol. The van der Waals surface area contributed by atoms with Crippen molar-refractivity contribution in [1.29, 1.82) is 0 Å². The van der Waals surface area contributed by atoms with E-state index in [1.807, 2.05) is 12.1 Å². The number of fused-ring (bicyclic) bond motifs is 2. The van der Waals surface area contributed by atoms with E-state index in [0.717, 1.165) is 21.8 Å². The number of ether oxygens (including phenoxy) is 4. The number of hydrogen-bond donors (Lipinski definition) is 2. The summed E-state index contributed by atoms with van der Waals surface area (Å²) < 4.78 is 50.1. The molecule has 3 heterocycles. The number of hydrogen-bond acceptors (Lipinski definition) is 9. The third kappa shape index (κ3) is 5.18. The van der Waals surface area contributed by atoms with Gasteiger partial charge < -0.3 is 24.3 Å². The zero-order chi connectivity index (χ0) is 24.7. The molecule has 2 fully saturated rings. The van der Waals surface area contributed by atoms with Crippen molar-refractivity contribution in [3.8, 4) is 11.5 Å². The summed E-state index contributed by atoms with van der Waals surface area (Å²) in [6.07, 6.45) is 1.27. The number of sulfonamides is 1. The van der Waals surface area contributed by atoms with Gasteiger partial charge in [0.2, 0.25) is 10.0 Å². The summed E-state index contributed by atoms with van der Waals surface area (Å²) in [6.45, 7) is 0.457. The molecule has 0 spiro atoms. The first-order valence-corrected chi connectivity index (χ1v) is 13.7. The SMILES string of the molecule is COc1cc2c(Nc3ccc(Br)c(Cl)c3)ncnc2cc1O[C@@H]1COC2C1OC[C@H]2NS(C)(=O)=O. The first-order chi connectivity index (χ1) is 16.7. The molecule has 10 nitrogen and oxygen atoms in total. The number of anilines is 2. The average molecular weight is 586 g/mol. The van der Waals surface area contributed by atoms with Crippen LogP contribution in [0.25, 0.3) is 10.9 Å². The van der Waals surface area contributed by atoms with E-state index in [1.54, 1.807) is 25.3 Å². The lowest BCUT2D eigenvalue weighted by Gasteiger charge is -2.20. The fourth-order valence-electron chi connectivity index (χ4n) is 4.23. The van der Waals surface area contributed by atoms with Crippen molar-refractivity contribution in [1.82, 2.24) is 14.7 Å². The molecule has 0 saturated carbocycles. The van der Waals surface area contributed by atoms with Crippen molar-refractivity contribution in [2.75, 3.05) is 31.9 Å². The van der Waals surface area contributed by atoms with Crippen LogP contribution in [0.5, 0.6) is 11.5 Å². The fourth-order valence-corrected chi connectivity index (χ4v) is 5.41. The quantitative estimate of drug-likeness (QED) is 0.430. The highest BCUT2D eigenvalue weighted by Crippen LogP contribution is 2.38. The Labute approximate surface area is 215 Å². The predicted molar refractivity (Wildman–Crippen MR) is 134 cm³/mol. The number of halogens is 2. The first kappa shape index (κ1) is 24.5. The van der Waals surface area contributed by atoms with E-state index in [2.05, 4.69) is 35.9 Å². The van der Waals surface area contributed by atoms with Crippen molar-refractivity contribution in [2.45, 2.75) is 24.4 Å². The molecule has 2 aliphatic rings. The Morgan fingerprint density at radius 1 is 1.11 bits per heavy atom. The molecule has 5 rings (SSSR count). The number of nitrogens with zero attached hydrogens (tertiary/aromatic N) is 2. The highest BCUT2D eigenvalue weighted by atomic mass is 79.9. The topological polar surface area (TPSA) is 121 Å². The van der Waals surface area contributed by atoms with Gasteiger partial charge in [-0.2, -0.15) is 0 Å². The maximum absolute atomic E-state index is 11.6. The molecule has 2 saturated heterocycles. The highest BCUT2D eigenvalue weighted by Gasteiger charge is 2.49. The molecule has 186 valence electrons. The van der Waals surface area contributed by atoms with Gasteiger partial charge >= 0.3 is 0 Å². The largest absolute Gasteiger partial charge is 0.493 e. The normalized spacial score (nSPS) is 23.9. The standard InChI is InChI=1S/C22H22BrClN4O6S/c1-31-17-6-12-15(25-10-26-22(12)27-11-3-4-13(23)14(24)5-11)7-18(17)34-19-9-33-20-16(8-32-21(19)20)28-35(2,29)30/h3-7,10,16,19-21,28H,8-9H2,1-2H3,(H,25,26,27)/t16-,19-,20?,21?/m1/s1. The summed E-state index contributed by atoms with van der Waals surface area (Å²) in [5, 5.41) is 4.56. The van der Waals surface area contributed by atoms with Gasteiger partial charge in [0.1, 0.15) is 24.4 Å². The fraction of sp³-hybridized carbons (Fsp3) is 0.364. The first-order valence-electron chi connectivity index (χ1n) is 10.6. The van der Waals surface area contributed by atoms with E-state index in [-0.39, 0.29) is 13.2 Å². The minimum absolute atomic E-state index is 0.208. The molecule has 2 aliphatic heterocycles. The van der Waals surface area contributed by atoms with E-state index in [0.29, 0.717) is 27.9 Å². The maximum atomic E-state index is 11.6. The smallest absolute Gasteiger partial charge is 0.209 e. The van der Waals surface area contributed by atoms with Crippen LogP contribution in [0.4, 0.5) is 11.5 Å². The van der Waals surface area contributed by atoms with Crippen LogP contribution >= 0.6 is 27.5 Å². The Balaban J connectivity index is 1.39. The number of methoxy groups -OCH3 is 1. The Hall–Kier alpha value is -2.22. The van der Waals surface area contributed by atoms with Crippen LogP contribution in [0, 0.1) is 0 Å². The molecule has 1 aromatic heterocycles. The number of aromatic nitrogens is 2. The highest BCUT2D eigenvalue weighted by molar-refractivity contribution is 9.10. The lowest BCUT2D eigenvalue weighted by Crippen LogP contribution is -2.44. The second kappa shape index (κ2) is 9.68. The van der Waals surface area contributed by atoms with Crippen LogP contribution in [0.3, 0.4) is 0 Å². The van der Waals surface area contributed by atoms with E-state index >= 15 is 0 Å². The van der Waals surface area contributed by atoms with Gasteiger partial charge in [-0.25, -0.2) is 23.1 Å². The van der Waals surface area contributed by atoms with Crippen LogP contribution in [0.1, 0.15) is 0 Å². The molecule has 0 amide bonds. The summed E-state index contributed by atoms with van der Waals surface area (Å²) >= 11 is 9.60. The molecule has 2 N–H and O–H groups in total. The van der Waals surface area contributed by atoms with E-state index in [9.17, 15) is 8.42 Å². The minimum Gasteiger partial charge on any atom is -0.493 e. The van der Waals surface area contributed by atoms with Gasteiger partial charge in [0.15, 0.2) is 17.6 Å². The third-order valence-corrected chi connectivity index (χ3v) is 7.72. The van der Waals surface area contributed by atoms with Gasteiger partial charge in [-0.1, -0.05) is 11.6 Å². The average Bonchev–Trinajstić information content (AvgIpc) is 3.38. The lowest BCUT2D eigenvalue weighted by molar-refractivity contribution is 0.0294. The summed E-state index contributed by atoms with van der Waals surface area (Å²) in [7, 11) is -1.84. The summed E-state index contributed by atoms with van der Waals surface area (Å²) in [5.41, 5.74) is 1.41. The van der Waals surface area contributed by atoms with Crippen LogP contribution in [-0.4, -0.2) is 69.3 Å². The number of benzene rings is 2. The molecule has 0 aliphatic carbocycles. The van der Waals surface area contributed by atoms with Gasteiger partial charge in [0.25, 0.3) is 0 Å². The molecule has 13 heteroatoms. The lowest BCUT2D eigenvalue weighted by atomic mass is 10.1. The van der Waals surface area contributed by atoms with Crippen molar-refractivity contribution in [3.63, 3.8) is 0 Å². The van der Waals surface area contributed by atoms with Gasteiger partial charge in [-0.05, 0) is 40.2 Å². The maximum Gasteiger partial charge on any atom is 0.209 e. The Bertz CT molecular complexity index is 1380. The minimum atomic E-state index is -3.39. The van der Waals surface area contributed by atoms with Gasteiger partial charge in [-0.15, -0.1) is 0 Å². The molecule has 0 radical (unpaired) electrons. The van der Waals surface area contributed by atoms with Gasteiger partial charge in [0.05, 0.1) is 43.2 Å². The Morgan fingerprint density at radius 3 is 2.66 bits per heavy atom. The van der Waals surface area contributed by atoms with Crippen LogP contribution < -0.4 is 19.5 Å². The van der Waals surface area contributed by atoms with E-state index in [4.69, 9.17) is 30.5 Å². The zero-order valence-corrected chi connectivity index (χ0v) is 21.9. The molecule has 2 unspecified atom stereocenters. The van der Waals surface area contributed by atoms with Crippen LogP contribution in [-0.2, 0) is 19.5 Å². The summed E-state index contributed by atoms with van der Waals surface area (Å²) in [4.78, 5) is 8.76. The predicted octanol–water partition coefficient (Wildman–Crippen LogP) is 3.26. The van der Waals surface area contributed by atoms with Crippen LogP contribution in [0.2, 0.25) is 5.02 Å². The second-order valence-corrected chi connectivity index (χ2v) is 11.3. The Morgan fingerprint density at radius 2 is 1.91 bits per heavy atom. The summed E-state index contributed by atoms with van der Waals surface area (Å²) in [5.74, 6) is 1.53. The van der Waals surface area contributed by atoms with Crippen molar-refractivity contribution in [3.05, 3.63) is 46.2 Å². The van der Waals surface area contributed by atoms with Gasteiger partial charge in [0, 0.05) is 21.6 Å². The molecule has 0 bridgehead atoms. The van der Waals surface area contributed by atoms with Crippen LogP contribution in [0.15, 0.2) is 41.1 Å². The van der Waals surface area contributed by atoms with Crippen molar-refractivity contribution in [2.24, 2.45) is 0 Å². The number of rotatable bonds is 7. The molecular weight excluding hydrogens is 564 g/mol. The molecule has 4 atom stereocenters. The van der Waals surface area contributed by atoms with Crippen molar-refractivity contribution < 1.29 is 27.4 Å². The summed E-state index contributed by atoms with van der Waals surface area (Å²) in [6, 6.07) is 8.61. The third-order valence-electron chi connectivity index (χ3n) is 5.75. The van der Waals surface area contributed by atoms with Crippen molar-refractivity contribution >= 4 is 60.0 Å². The second-order valence-electron chi connectivity index (χ2n) is 8.25. The number of nitrogens with one attached hydrogen (secondary N) is 2.